The molecule has 0 aromatic rings. The van der Waals surface area contributed by atoms with Gasteiger partial charge in [-0.3, -0.25) is 4.79 Å². The van der Waals surface area contributed by atoms with Gasteiger partial charge in [0.2, 0.25) is 0 Å². The van der Waals surface area contributed by atoms with E-state index >= 15 is 0 Å². The monoisotopic (exact) mass is 386 g/mol. The summed E-state index contributed by atoms with van der Waals surface area (Å²) >= 11 is 0. The second kappa shape index (κ2) is 19.2. The first-order valence-electron chi connectivity index (χ1n) is 9.55. The summed E-state index contributed by atoms with van der Waals surface area (Å²) in [5, 5.41) is 10.2. The molecule has 144 valence electrons. The van der Waals surface area contributed by atoms with Crippen molar-refractivity contribution in [3.63, 3.8) is 0 Å². The van der Waals surface area contributed by atoms with Gasteiger partial charge in [0.1, 0.15) is 0 Å². The fourth-order valence-corrected chi connectivity index (χ4v) is 3.27. The quantitative estimate of drug-likeness (QED) is 0.209. The Balaban J connectivity index is 0. The van der Waals surface area contributed by atoms with Gasteiger partial charge in [-0.15, -0.1) is 6.61 Å². The minimum absolute atomic E-state index is 0. The molecule has 0 aliphatic heterocycles. The Morgan fingerprint density at radius 2 is 1.20 bits per heavy atom. The third kappa shape index (κ3) is 20.5. The van der Waals surface area contributed by atoms with Crippen LogP contribution in [-0.2, 0) is 19.1 Å². The van der Waals surface area contributed by atoms with Crippen LogP contribution in [0.1, 0.15) is 96.8 Å². The molecule has 0 saturated heterocycles. The molecule has 0 amide bonds. The number of carbonyl (C=O) groups is 1. The van der Waals surface area contributed by atoms with Crippen molar-refractivity contribution in [1.29, 1.82) is 0 Å². The van der Waals surface area contributed by atoms with Crippen molar-refractivity contribution in [3.8, 4) is 0 Å². The molecule has 7 heteroatoms. The zero-order valence-electron chi connectivity index (χ0n) is 16.3. The number of rotatable bonds is 17. The fourth-order valence-electron chi connectivity index (χ4n) is 2.61. The summed E-state index contributed by atoms with van der Waals surface area (Å²) in [7, 11) is -3.96. The normalized spacial score (nSPS) is 11.1. The van der Waals surface area contributed by atoms with Crippen molar-refractivity contribution in [2.45, 2.75) is 96.8 Å². The molecule has 0 bridgehead atoms. The van der Waals surface area contributed by atoms with Crippen molar-refractivity contribution in [2.75, 3.05) is 12.4 Å². The van der Waals surface area contributed by atoms with Crippen LogP contribution < -0.4 is 34.7 Å². The molecule has 0 aromatic heterocycles. The van der Waals surface area contributed by atoms with Gasteiger partial charge in [0, 0.05) is 6.42 Å². The SMILES string of the molecule is CCCCCCCCCCCCCCCC(=O)OS(=O)(=O)CC[O-].[Na+]. The second-order valence-corrected chi connectivity index (χ2v) is 8.10. The van der Waals surface area contributed by atoms with Crippen LogP contribution in [0, 0.1) is 0 Å². The maximum atomic E-state index is 11.3. The van der Waals surface area contributed by atoms with Crippen LogP contribution in [0.5, 0.6) is 0 Å². The summed E-state index contributed by atoms with van der Waals surface area (Å²) in [4.78, 5) is 11.3. The molecule has 0 fully saturated rings. The van der Waals surface area contributed by atoms with Gasteiger partial charge in [-0.25, -0.2) is 0 Å². The van der Waals surface area contributed by atoms with Crippen molar-refractivity contribution in [3.05, 3.63) is 0 Å². The third-order valence-electron chi connectivity index (χ3n) is 4.04. The molecule has 25 heavy (non-hydrogen) atoms. The molecule has 0 radical (unpaired) electrons. The molecular weight excluding hydrogens is 351 g/mol. The Bertz CT molecular complexity index is 398. The van der Waals surface area contributed by atoms with E-state index in [1.165, 1.54) is 64.2 Å². The maximum absolute atomic E-state index is 11.3. The van der Waals surface area contributed by atoms with E-state index in [-0.39, 0.29) is 36.0 Å². The first-order valence-corrected chi connectivity index (χ1v) is 11.1. The molecule has 0 N–H and O–H groups in total. The standard InChI is InChI=1S/C18H35O5S.Na/c1-2-3-4-5-6-7-8-9-10-11-12-13-14-15-18(20)23-24(21,22)17-16-19;/h2-17H2,1H3;/q-1;+1. The van der Waals surface area contributed by atoms with Gasteiger partial charge in [-0.1, -0.05) is 84.0 Å². The number of hydrogen-bond acceptors (Lipinski definition) is 5. The molecule has 0 spiro atoms. The maximum Gasteiger partial charge on any atom is 1.00 e. The van der Waals surface area contributed by atoms with Gasteiger partial charge in [-0.2, -0.15) is 8.42 Å². The first-order chi connectivity index (χ1) is 11.5. The Kier molecular flexibility index (Phi) is 21.1. The Morgan fingerprint density at radius 1 is 0.800 bits per heavy atom. The Labute approximate surface area is 176 Å². The van der Waals surface area contributed by atoms with Gasteiger partial charge in [-0.05, 0) is 6.42 Å². The summed E-state index contributed by atoms with van der Waals surface area (Å²) in [5.74, 6) is -1.39. The van der Waals surface area contributed by atoms with Crippen LogP contribution in [0.4, 0.5) is 0 Å². The predicted molar refractivity (Wildman–Crippen MR) is 95.1 cm³/mol. The van der Waals surface area contributed by atoms with E-state index in [1.807, 2.05) is 0 Å². The summed E-state index contributed by atoms with van der Waals surface area (Å²) in [6.07, 6.45) is 15.8. The van der Waals surface area contributed by atoms with E-state index in [4.69, 9.17) is 0 Å². The molecule has 0 unspecified atom stereocenters. The van der Waals surface area contributed by atoms with Gasteiger partial charge >= 0.3 is 45.6 Å². The van der Waals surface area contributed by atoms with Crippen LogP contribution in [0.15, 0.2) is 0 Å². The van der Waals surface area contributed by atoms with E-state index in [0.717, 1.165) is 12.8 Å². The van der Waals surface area contributed by atoms with Crippen LogP contribution in [0.25, 0.3) is 0 Å². The Hall–Kier alpha value is 0.380. The molecule has 0 aliphatic rings. The molecular formula is C18H35NaO5S. The van der Waals surface area contributed by atoms with E-state index in [9.17, 15) is 18.3 Å². The molecule has 0 heterocycles. The van der Waals surface area contributed by atoms with Crippen LogP contribution >= 0.6 is 0 Å². The van der Waals surface area contributed by atoms with E-state index in [0.29, 0.717) is 6.42 Å². The largest absolute Gasteiger partial charge is 1.00 e. The van der Waals surface area contributed by atoms with Crippen molar-refractivity contribution >= 4 is 16.1 Å². The summed E-state index contributed by atoms with van der Waals surface area (Å²) in [5.41, 5.74) is 0. The van der Waals surface area contributed by atoms with Gasteiger partial charge in [0.15, 0.2) is 0 Å². The molecule has 0 atom stereocenters. The second-order valence-electron chi connectivity index (χ2n) is 6.41. The van der Waals surface area contributed by atoms with Crippen molar-refractivity contribution in [2.24, 2.45) is 0 Å². The van der Waals surface area contributed by atoms with Crippen molar-refractivity contribution < 1.29 is 52.1 Å². The molecule has 0 rings (SSSR count). The smallest absolute Gasteiger partial charge is 0.854 e. The fraction of sp³-hybridized carbons (Fsp3) is 0.944. The summed E-state index contributed by atoms with van der Waals surface area (Å²) < 4.78 is 26.6. The number of hydrogen-bond donors (Lipinski definition) is 0. The molecule has 0 aliphatic carbocycles. The summed E-state index contributed by atoms with van der Waals surface area (Å²) in [6.45, 7) is 1.45. The average molecular weight is 387 g/mol. The third-order valence-corrected chi connectivity index (χ3v) is 5.14. The predicted octanol–water partition coefficient (Wildman–Crippen LogP) is 0.705. The van der Waals surface area contributed by atoms with Gasteiger partial charge in [0.05, 0.1) is 5.75 Å². The topological polar surface area (TPSA) is 83.5 Å². The molecule has 5 nitrogen and oxygen atoms in total. The van der Waals surface area contributed by atoms with Gasteiger partial charge < -0.3 is 9.29 Å². The zero-order valence-corrected chi connectivity index (χ0v) is 19.1. The first kappa shape index (κ1) is 27.6. The average Bonchev–Trinajstić information content (AvgIpc) is 2.51. The minimum atomic E-state index is -3.96. The molecule has 0 saturated carbocycles. The van der Waals surface area contributed by atoms with E-state index < -0.39 is 28.4 Å². The number of carbonyl (C=O) groups excluding carboxylic acids is 1. The van der Waals surface area contributed by atoms with Crippen LogP contribution in [-0.4, -0.2) is 26.7 Å². The molecule has 0 aromatic carbocycles. The minimum Gasteiger partial charge on any atom is -0.854 e. The van der Waals surface area contributed by atoms with E-state index in [1.54, 1.807) is 0 Å². The van der Waals surface area contributed by atoms with E-state index in [2.05, 4.69) is 11.1 Å². The Morgan fingerprint density at radius 3 is 1.60 bits per heavy atom. The van der Waals surface area contributed by atoms with Gasteiger partial charge in [0.25, 0.3) is 0 Å². The number of unbranched alkanes of at least 4 members (excludes halogenated alkanes) is 12. The van der Waals surface area contributed by atoms with Crippen LogP contribution in [0.3, 0.4) is 0 Å². The van der Waals surface area contributed by atoms with Crippen LogP contribution in [0.2, 0.25) is 0 Å². The zero-order chi connectivity index (χ0) is 18.1. The van der Waals surface area contributed by atoms with Crippen molar-refractivity contribution in [1.82, 2.24) is 0 Å². The summed E-state index contributed by atoms with van der Waals surface area (Å²) in [6, 6.07) is 0.